The number of hydrogen-bond donors (Lipinski definition) is 0. The largest absolute Gasteiger partial charge is 0.296 e. The van der Waals surface area contributed by atoms with Crippen molar-refractivity contribution < 1.29 is 0 Å². The molecule has 1 aromatic rings. The van der Waals surface area contributed by atoms with Gasteiger partial charge in [0.15, 0.2) is 0 Å². The van der Waals surface area contributed by atoms with Crippen LogP contribution in [0, 0.1) is 5.92 Å². The average molecular weight is 273 g/mol. The summed E-state index contributed by atoms with van der Waals surface area (Å²) in [5.74, 6) is 0.635. The van der Waals surface area contributed by atoms with Crippen molar-refractivity contribution in [2.75, 3.05) is 13.1 Å². The predicted molar refractivity (Wildman–Crippen MR) is 90.1 cm³/mol. The third-order valence-corrected chi connectivity index (χ3v) is 3.79. The molecule has 0 fully saturated rings. The SMILES string of the molecule is C=C(C)[C@@H](C(C)C)N(CCC)CCCc1ccccc1. The van der Waals surface area contributed by atoms with Crippen LogP contribution in [0.15, 0.2) is 42.5 Å². The molecule has 1 aromatic carbocycles. The van der Waals surface area contributed by atoms with Crippen LogP contribution in [0.5, 0.6) is 0 Å². The van der Waals surface area contributed by atoms with Crippen molar-refractivity contribution in [2.24, 2.45) is 5.92 Å². The van der Waals surface area contributed by atoms with Crippen molar-refractivity contribution in [1.29, 1.82) is 0 Å². The zero-order chi connectivity index (χ0) is 15.0. The van der Waals surface area contributed by atoms with Crippen LogP contribution >= 0.6 is 0 Å². The Morgan fingerprint density at radius 2 is 1.80 bits per heavy atom. The van der Waals surface area contributed by atoms with E-state index in [2.05, 4.69) is 69.5 Å². The van der Waals surface area contributed by atoms with E-state index in [4.69, 9.17) is 0 Å². The van der Waals surface area contributed by atoms with E-state index in [0.29, 0.717) is 12.0 Å². The molecule has 0 aliphatic rings. The summed E-state index contributed by atoms with van der Waals surface area (Å²) in [6.07, 6.45) is 3.60. The molecule has 0 saturated heterocycles. The average Bonchev–Trinajstić information content (AvgIpc) is 2.39. The monoisotopic (exact) mass is 273 g/mol. The summed E-state index contributed by atoms with van der Waals surface area (Å²) in [4.78, 5) is 2.62. The van der Waals surface area contributed by atoms with E-state index in [-0.39, 0.29) is 0 Å². The molecule has 1 atom stereocenters. The summed E-state index contributed by atoms with van der Waals surface area (Å²) < 4.78 is 0. The van der Waals surface area contributed by atoms with Crippen molar-refractivity contribution in [2.45, 2.75) is 53.0 Å². The first kappa shape index (κ1) is 17.0. The van der Waals surface area contributed by atoms with Crippen molar-refractivity contribution in [1.82, 2.24) is 4.90 Å². The summed E-state index contributed by atoms with van der Waals surface area (Å²) in [6, 6.07) is 11.3. The lowest BCUT2D eigenvalue weighted by Crippen LogP contribution is -2.41. The number of nitrogens with zero attached hydrogens (tertiary/aromatic N) is 1. The Kier molecular flexibility index (Phi) is 7.61. The van der Waals surface area contributed by atoms with E-state index in [1.807, 2.05) is 0 Å². The van der Waals surface area contributed by atoms with Gasteiger partial charge >= 0.3 is 0 Å². The zero-order valence-electron chi connectivity index (χ0n) is 13.7. The van der Waals surface area contributed by atoms with E-state index in [1.165, 1.54) is 43.5 Å². The maximum Gasteiger partial charge on any atom is 0.0325 e. The molecule has 20 heavy (non-hydrogen) atoms. The highest BCUT2D eigenvalue weighted by atomic mass is 15.2. The van der Waals surface area contributed by atoms with Crippen LogP contribution in [0.3, 0.4) is 0 Å². The molecule has 1 rings (SSSR count). The summed E-state index contributed by atoms with van der Waals surface area (Å²) in [5, 5.41) is 0. The topological polar surface area (TPSA) is 3.24 Å². The van der Waals surface area contributed by atoms with E-state index in [0.717, 1.165) is 0 Å². The van der Waals surface area contributed by atoms with E-state index >= 15 is 0 Å². The third kappa shape index (κ3) is 5.50. The Bertz CT molecular complexity index is 380. The quantitative estimate of drug-likeness (QED) is 0.576. The van der Waals surface area contributed by atoms with E-state index in [1.54, 1.807) is 0 Å². The summed E-state index contributed by atoms with van der Waals surface area (Å²) in [5.41, 5.74) is 2.74. The normalized spacial score (nSPS) is 12.9. The standard InChI is InChI=1S/C19H31N/c1-6-14-20(19(16(2)3)17(4)5)15-10-13-18-11-8-7-9-12-18/h7-9,11-12,17,19H,2,6,10,13-15H2,1,3-5H3/t19-/m0/s1. The Labute approximate surface area is 125 Å². The minimum absolute atomic E-state index is 0.519. The molecule has 0 amide bonds. The first-order valence-corrected chi connectivity index (χ1v) is 7.99. The lowest BCUT2D eigenvalue weighted by Gasteiger charge is -2.35. The van der Waals surface area contributed by atoms with Crippen LogP contribution in [-0.2, 0) is 6.42 Å². The van der Waals surface area contributed by atoms with E-state index < -0.39 is 0 Å². The minimum Gasteiger partial charge on any atom is -0.296 e. The molecular weight excluding hydrogens is 242 g/mol. The molecular formula is C19H31N. The molecule has 0 N–H and O–H groups in total. The van der Waals surface area contributed by atoms with Gasteiger partial charge in [0.25, 0.3) is 0 Å². The fraction of sp³-hybridized carbons (Fsp3) is 0.579. The maximum atomic E-state index is 4.20. The summed E-state index contributed by atoms with van der Waals surface area (Å²) in [7, 11) is 0. The van der Waals surface area contributed by atoms with Gasteiger partial charge in [0.1, 0.15) is 0 Å². The highest BCUT2D eigenvalue weighted by molar-refractivity contribution is 5.14. The molecule has 0 aliphatic heterocycles. The fourth-order valence-corrected chi connectivity index (χ4v) is 3.11. The highest BCUT2D eigenvalue weighted by Crippen LogP contribution is 2.19. The number of aryl methyl sites for hydroxylation is 1. The zero-order valence-corrected chi connectivity index (χ0v) is 13.7. The fourth-order valence-electron chi connectivity index (χ4n) is 3.11. The molecule has 0 saturated carbocycles. The van der Waals surface area contributed by atoms with Gasteiger partial charge in [-0.3, -0.25) is 4.90 Å². The Balaban J connectivity index is 2.56. The molecule has 0 aliphatic carbocycles. The first-order chi connectivity index (χ1) is 9.56. The van der Waals surface area contributed by atoms with Gasteiger partial charge in [-0.15, -0.1) is 0 Å². The lowest BCUT2D eigenvalue weighted by atomic mass is 9.95. The van der Waals surface area contributed by atoms with Crippen LogP contribution in [-0.4, -0.2) is 24.0 Å². The van der Waals surface area contributed by atoms with Gasteiger partial charge < -0.3 is 0 Å². The molecule has 0 spiro atoms. The first-order valence-electron chi connectivity index (χ1n) is 7.99. The highest BCUT2D eigenvalue weighted by Gasteiger charge is 2.21. The summed E-state index contributed by atoms with van der Waals surface area (Å²) >= 11 is 0. The van der Waals surface area contributed by atoms with E-state index in [9.17, 15) is 0 Å². The van der Waals surface area contributed by atoms with Gasteiger partial charge in [-0.2, -0.15) is 0 Å². The van der Waals surface area contributed by atoms with Gasteiger partial charge in [-0.25, -0.2) is 0 Å². The van der Waals surface area contributed by atoms with Crippen molar-refractivity contribution in [3.63, 3.8) is 0 Å². The van der Waals surface area contributed by atoms with Crippen molar-refractivity contribution in [3.05, 3.63) is 48.0 Å². The smallest absolute Gasteiger partial charge is 0.0325 e. The van der Waals surface area contributed by atoms with Crippen LogP contribution in [0.1, 0.15) is 46.1 Å². The van der Waals surface area contributed by atoms with Crippen LogP contribution in [0.25, 0.3) is 0 Å². The second-order valence-corrected chi connectivity index (χ2v) is 6.16. The van der Waals surface area contributed by atoms with Gasteiger partial charge in [-0.05, 0) is 50.8 Å². The van der Waals surface area contributed by atoms with Crippen molar-refractivity contribution >= 4 is 0 Å². The Morgan fingerprint density at radius 1 is 1.15 bits per heavy atom. The second kappa shape index (κ2) is 8.97. The number of rotatable bonds is 9. The van der Waals surface area contributed by atoms with Crippen LogP contribution in [0.4, 0.5) is 0 Å². The van der Waals surface area contributed by atoms with Crippen molar-refractivity contribution in [3.8, 4) is 0 Å². The van der Waals surface area contributed by atoms with Crippen LogP contribution < -0.4 is 0 Å². The molecule has 0 unspecified atom stereocenters. The van der Waals surface area contributed by atoms with Gasteiger partial charge in [0.2, 0.25) is 0 Å². The predicted octanol–water partition coefficient (Wildman–Crippen LogP) is 4.93. The number of hydrogen-bond acceptors (Lipinski definition) is 1. The molecule has 0 aromatic heterocycles. The van der Waals surface area contributed by atoms with Gasteiger partial charge in [-0.1, -0.05) is 63.3 Å². The lowest BCUT2D eigenvalue weighted by molar-refractivity contribution is 0.179. The molecule has 0 bridgehead atoms. The molecule has 1 heteroatoms. The minimum atomic E-state index is 0.519. The second-order valence-electron chi connectivity index (χ2n) is 6.16. The Morgan fingerprint density at radius 3 is 2.30 bits per heavy atom. The number of benzene rings is 1. The van der Waals surface area contributed by atoms with Crippen LogP contribution in [0.2, 0.25) is 0 Å². The molecule has 1 nitrogen and oxygen atoms in total. The third-order valence-electron chi connectivity index (χ3n) is 3.79. The van der Waals surface area contributed by atoms with Gasteiger partial charge in [0.05, 0.1) is 0 Å². The molecule has 0 heterocycles. The summed E-state index contributed by atoms with van der Waals surface area (Å²) in [6.45, 7) is 15.6. The molecule has 0 radical (unpaired) electrons. The van der Waals surface area contributed by atoms with Gasteiger partial charge in [0, 0.05) is 6.04 Å². The molecule has 112 valence electrons. The maximum absolute atomic E-state index is 4.20. The Hall–Kier alpha value is -1.08.